The molecule has 0 aromatic heterocycles. The van der Waals surface area contributed by atoms with Crippen LogP contribution in [0.25, 0.3) is 0 Å². The first-order valence-electron chi connectivity index (χ1n) is 3.66. The summed E-state index contributed by atoms with van der Waals surface area (Å²) in [7, 11) is 0. The van der Waals surface area contributed by atoms with Crippen LogP contribution in [-0.2, 0) is 9.47 Å². The Bertz CT molecular complexity index is 91.1. The van der Waals surface area contributed by atoms with Crippen molar-refractivity contribution in [3.8, 4) is 0 Å². The zero-order valence-electron chi connectivity index (χ0n) is 5.51. The maximum absolute atomic E-state index is 5.43. The third-order valence-electron chi connectivity index (χ3n) is 2.05. The SMILES string of the molecule is C1COC2CC2CCO1. The fraction of sp³-hybridized carbons (Fsp3) is 1.00. The lowest BCUT2D eigenvalue weighted by Crippen LogP contribution is -2.11. The molecule has 1 saturated carbocycles. The summed E-state index contributed by atoms with van der Waals surface area (Å²) in [5.74, 6) is 0.838. The van der Waals surface area contributed by atoms with Gasteiger partial charge in [-0.05, 0) is 18.8 Å². The van der Waals surface area contributed by atoms with Gasteiger partial charge in [0.1, 0.15) is 0 Å². The second-order valence-corrected chi connectivity index (χ2v) is 2.81. The summed E-state index contributed by atoms with van der Waals surface area (Å²) in [5.41, 5.74) is 0. The Kier molecular flexibility index (Phi) is 1.44. The minimum atomic E-state index is 0.605. The fourth-order valence-corrected chi connectivity index (χ4v) is 1.32. The van der Waals surface area contributed by atoms with Crippen LogP contribution in [0.15, 0.2) is 0 Å². The summed E-state index contributed by atoms with van der Waals surface area (Å²) in [4.78, 5) is 0. The Morgan fingerprint density at radius 3 is 3.11 bits per heavy atom. The molecule has 0 bridgehead atoms. The molecule has 0 radical (unpaired) electrons. The highest BCUT2D eigenvalue weighted by atomic mass is 16.5. The molecule has 1 saturated heterocycles. The van der Waals surface area contributed by atoms with Crippen molar-refractivity contribution in [3.63, 3.8) is 0 Å². The van der Waals surface area contributed by atoms with Gasteiger partial charge in [0.15, 0.2) is 0 Å². The molecule has 2 unspecified atom stereocenters. The van der Waals surface area contributed by atoms with Gasteiger partial charge in [-0.3, -0.25) is 0 Å². The zero-order valence-corrected chi connectivity index (χ0v) is 5.51. The van der Waals surface area contributed by atoms with Crippen LogP contribution >= 0.6 is 0 Å². The van der Waals surface area contributed by atoms with Crippen molar-refractivity contribution in [3.05, 3.63) is 0 Å². The van der Waals surface area contributed by atoms with Crippen molar-refractivity contribution >= 4 is 0 Å². The summed E-state index contributed by atoms with van der Waals surface area (Å²) in [5, 5.41) is 0. The Morgan fingerprint density at radius 1 is 1.11 bits per heavy atom. The van der Waals surface area contributed by atoms with E-state index in [-0.39, 0.29) is 0 Å². The molecule has 9 heavy (non-hydrogen) atoms. The van der Waals surface area contributed by atoms with Crippen LogP contribution in [0.4, 0.5) is 0 Å². The van der Waals surface area contributed by atoms with Crippen molar-refractivity contribution in [1.82, 2.24) is 0 Å². The van der Waals surface area contributed by atoms with E-state index >= 15 is 0 Å². The Balaban J connectivity index is 1.81. The van der Waals surface area contributed by atoms with E-state index in [9.17, 15) is 0 Å². The van der Waals surface area contributed by atoms with Crippen LogP contribution < -0.4 is 0 Å². The summed E-state index contributed by atoms with van der Waals surface area (Å²) in [6.07, 6.45) is 3.10. The smallest absolute Gasteiger partial charge is 0.0704 e. The lowest BCUT2D eigenvalue weighted by atomic mass is 10.3. The summed E-state index contributed by atoms with van der Waals surface area (Å²) in [6.45, 7) is 2.55. The number of fused-ring (bicyclic) bond motifs is 1. The Labute approximate surface area is 55.1 Å². The molecule has 52 valence electrons. The predicted octanol–water partition coefficient (Wildman–Crippen LogP) is 0.812. The molecule has 2 atom stereocenters. The molecule has 0 aromatic rings. The second kappa shape index (κ2) is 2.27. The molecule has 0 spiro atoms. The molecule has 0 N–H and O–H groups in total. The number of rotatable bonds is 0. The van der Waals surface area contributed by atoms with Crippen molar-refractivity contribution in [2.75, 3.05) is 19.8 Å². The second-order valence-electron chi connectivity index (χ2n) is 2.81. The van der Waals surface area contributed by atoms with E-state index in [1.807, 2.05) is 0 Å². The Hall–Kier alpha value is -0.0800. The largest absolute Gasteiger partial charge is 0.379 e. The first kappa shape index (κ1) is 5.69. The molecular formula is C7H12O2. The van der Waals surface area contributed by atoms with Crippen LogP contribution in [0.2, 0.25) is 0 Å². The third-order valence-corrected chi connectivity index (χ3v) is 2.05. The van der Waals surface area contributed by atoms with E-state index in [1.54, 1.807) is 0 Å². The number of ether oxygens (including phenoxy) is 2. The van der Waals surface area contributed by atoms with Crippen LogP contribution in [-0.4, -0.2) is 25.9 Å². The minimum Gasteiger partial charge on any atom is -0.379 e. The first-order chi connectivity index (χ1) is 4.47. The fourth-order valence-electron chi connectivity index (χ4n) is 1.32. The van der Waals surface area contributed by atoms with Gasteiger partial charge in [-0.2, -0.15) is 0 Å². The molecule has 0 amide bonds. The topological polar surface area (TPSA) is 18.5 Å². The minimum absolute atomic E-state index is 0.605. The molecule has 2 nitrogen and oxygen atoms in total. The highest BCUT2D eigenvalue weighted by molar-refractivity contribution is 4.87. The van der Waals surface area contributed by atoms with Gasteiger partial charge in [0.25, 0.3) is 0 Å². The average Bonchev–Trinajstić information content (AvgIpc) is 2.46. The van der Waals surface area contributed by atoms with Crippen LogP contribution in [0.3, 0.4) is 0 Å². The van der Waals surface area contributed by atoms with Gasteiger partial charge < -0.3 is 9.47 Å². The number of hydrogen-bond acceptors (Lipinski definition) is 2. The van der Waals surface area contributed by atoms with Gasteiger partial charge in [-0.1, -0.05) is 0 Å². The monoisotopic (exact) mass is 128 g/mol. The molecule has 1 aliphatic carbocycles. The van der Waals surface area contributed by atoms with Crippen molar-refractivity contribution < 1.29 is 9.47 Å². The third kappa shape index (κ3) is 1.25. The molecule has 2 fully saturated rings. The summed E-state index contributed by atoms with van der Waals surface area (Å²) < 4.78 is 10.7. The molecule has 2 rings (SSSR count). The van der Waals surface area contributed by atoms with Gasteiger partial charge in [0.05, 0.1) is 19.3 Å². The summed E-state index contributed by atoms with van der Waals surface area (Å²) in [6, 6.07) is 0. The van der Waals surface area contributed by atoms with Crippen molar-refractivity contribution in [2.24, 2.45) is 5.92 Å². The lowest BCUT2D eigenvalue weighted by Gasteiger charge is -2.08. The van der Waals surface area contributed by atoms with E-state index < -0.39 is 0 Å². The summed E-state index contributed by atoms with van der Waals surface area (Å²) >= 11 is 0. The molecule has 1 aliphatic heterocycles. The van der Waals surface area contributed by atoms with E-state index in [2.05, 4.69) is 0 Å². The van der Waals surface area contributed by atoms with E-state index in [0.717, 1.165) is 25.7 Å². The first-order valence-corrected chi connectivity index (χ1v) is 3.66. The average molecular weight is 128 g/mol. The van der Waals surface area contributed by atoms with Gasteiger partial charge in [0.2, 0.25) is 0 Å². The van der Waals surface area contributed by atoms with Gasteiger partial charge in [0, 0.05) is 6.61 Å². The van der Waals surface area contributed by atoms with Crippen molar-refractivity contribution in [1.29, 1.82) is 0 Å². The van der Waals surface area contributed by atoms with Gasteiger partial charge in [-0.25, -0.2) is 0 Å². The van der Waals surface area contributed by atoms with Gasteiger partial charge in [-0.15, -0.1) is 0 Å². The van der Waals surface area contributed by atoms with E-state index in [1.165, 1.54) is 12.8 Å². The van der Waals surface area contributed by atoms with Crippen molar-refractivity contribution in [2.45, 2.75) is 18.9 Å². The molecule has 0 aromatic carbocycles. The molecule has 2 aliphatic rings. The Morgan fingerprint density at radius 2 is 2.11 bits per heavy atom. The molecule has 2 heteroatoms. The standard InChI is InChI=1S/C7H12O2/c1-2-8-3-4-9-7-5-6(1)7/h6-7H,1-5H2. The highest BCUT2D eigenvalue weighted by Crippen LogP contribution is 2.37. The van der Waals surface area contributed by atoms with Crippen LogP contribution in [0.5, 0.6) is 0 Å². The van der Waals surface area contributed by atoms with Crippen LogP contribution in [0.1, 0.15) is 12.8 Å². The zero-order chi connectivity index (χ0) is 6.10. The maximum atomic E-state index is 5.43. The van der Waals surface area contributed by atoms with E-state index in [0.29, 0.717) is 6.10 Å². The molecular weight excluding hydrogens is 116 g/mol. The lowest BCUT2D eigenvalue weighted by molar-refractivity contribution is 0.0141. The van der Waals surface area contributed by atoms with E-state index in [4.69, 9.17) is 9.47 Å². The molecule has 1 heterocycles. The van der Waals surface area contributed by atoms with Crippen LogP contribution in [0, 0.1) is 5.92 Å². The predicted molar refractivity (Wildman–Crippen MR) is 33.3 cm³/mol. The maximum Gasteiger partial charge on any atom is 0.0704 e. The highest BCUT2D eigenvalue weighted by Gasteiger charge is 2.38. The van der Waals surface area contributed by atoms with Gasteiger partial charge >= 0.3 is 0 Å². The normalized spacial score (nSPS) is 42.7. The number of hydrogen-bond donors (Lipinski definition) is 0. The quantitative estimate of drug-likeness (QED) is 0.480.